The molecule has 0 aliphatic rings. The van der Waals surface area contributed by atoms with E-state index in [1.165, 1.54) is 0 Å². The predicted molar refractivity (Wildman–Crippen MR) is 107 cm³/mol. The van der Waals surface area contributed by atoms with Crippen molar-refractivity contribution in [2.45, 2.75) is 26.4 Å². The number of hydrogen-bond acceptors (Lipinski definition) is 5. The van der Waals surface area contributed by atoms with Gasteiger partial charge in [0.15, 0.2) is 5.65 Å². The smallest absolute Gasteiger partial charge is 0.252 e. The molecule has 4 aromatic heterocycles. The SMILES string of the molecule is CCn1ncc2c(C(=O)NC(C)c3cccnc3)cc(-c3cccs3)nc21. The van der Waals surface area contributed by atoms with Gasteiger partial charge in [0.05, 0.1) is 33.8 Å². The van der Waals surface area contributed by atoms with Crippen LogP contribution in [0, 0.1) is 0 Å². The molecular weight excluding hydrogens is 358 g/mol. The maximum Gasteiger partial charge on any atom is 0.252 e. The van der Waals surface area contributed by atoms with E-state index in [9.17, 15) is 4.79 Å². The lowest BCUT2D eigenvalue weighted by molar-refractivity contribution is 0.0941. The number of aromatic nitrogens is 4. The van der Waals surface area contributed by atoms with Gasteiger partial charge in [-0.05, 0) is 43.0 Å². The van der Waals surface area contributed by atoms with E-state index in [1.807, 2.05) is 54.2 Å². The van der Waals surface area contributed by atoms with Crippen LogP contribution < -0.4 is 5.32 Å². The van der Waals surface area contributed by atoms with Gasteiger partial charge in [-0.1, -0.05) is 12.1 Å². The van der Waals surface area contributed by atoms with Gasteiger partial charge in [0.2, 0.25) is 0 Å². The summed E-state index contributed by atoms with van der Waals surface area (Å²) in [7, 11) is 0. The third-order valence-electron chi connectivity index (χ3n) is 4.46. The molecule has 1 unspecified atom stereocenters. The van der Waals surface area contributed by atoms with Crippen molar-refractivity contribution in [2.75, 3.05) is 0 Å². The summed E-state index contributed by atoms with van der Waals surface area (Å²) in [6.07, 6.45) is 5.20. The molecule has 1 N–H and O–H groups in total. The third-order valence-corrected chi connectivity index (χ3v) is 5.35. The number of thiophene rings is 1. The average molecular weight is 377 g/mol. The summed E-state index contributed by atoms with van der Waals surface area (Å²) in [6, 6.07) is 9.50. The molecule has 0 aliphatic carbocycles. The second kappa shape index (κ2) is 7.28. The Labute approximate surface area is 160 Å². The molecule has 0 bridgehead atoms. The van der Waals surface area contributed by atoms with Crippen molar-refractivity contribution in [3.8, 4) is 10.6 Å². The van der Waals surface area contributed by atoms with Crippen LogP contribution in [0.5, 0.6) is 0 Å². The quantitative estimate of drug-likeness (QED) is 0.569. The number of rotatable bonds is 5. The highest BCUT2D eigenvalue weighted by Gasteiger charge is 2.19. The lowest BCUT2D eigenvalue weighted by atomic mass is 10.1. The second-order valence-corrected chi connectivity index (χ2v) is 7.16. The molecule has 0 saturated carbocycles. The van der Waals surface area contributed by atoms with Crippen molar-refractivity contribution in [1.29, 1.82) is 0 Å². The maximum absolute atomic E-state index is 13.1. The van der Waals surface area contributed by atoms with E-state index in [0.29, 0.717) is 12.1 Å². The van der Waals surface area contributed by atoms with Crippen LogP contribution in [0.25, 0.3) is 21.6 Å². The molecule has 4 aromatic rings. The average Bonchev–Trinajstić information content (AvgIpc) is 3.37. The first-order valence-electron chi connectivity index (χ1n) is 8.78. The molecule has 0 fully saturated rings. The number of pyridine rings is 2. The van der Waals surface area contributed by atoms with Crippen molar-refractivity contribution in [3.63, 3.8) is 0 Å². The molecule has 0 aromatic carbocycles. The summed E-state index contributed by atoms with van der Waals surface area (Å²) >= 11 is 1.60. The van der Waals surface area contributed by atoms with E-state index < -0.39 is 0 Å². The van der Waals surface area contributed by atoms with Gasteiger partial charge in [-0.15, -0.1) is 11.3 Å². The Kier molecular flexibility index (Phi) is 4.68. The largest absolute Gasteiger partial charge is 0.345 e. The van der Waals surface area contributed by atoms with Gasteiger partial charge >= 0.3 is 0 Å². The predicted octanol–water partition coefficient (Wildman–Crippen LogP) is 4.07. The molecule has 1 amide bonds. The van der Waals surface area contributed by atoms with Crippen LogP contribution in [0.4, 0.5) is 0 Å². The number of nitrogens with one attached hydrogen (secondary N) is 1. The molecule has 1 atom stereocenters. The van der Waals surface area contributed by atoms with Crippen molar-refractivity contribution >= 4 is 28.3 Å². The zero-order valence-electron chi connectivity index (χ0n) is 15.1. The van der Waals surface area contributed by atoms with E-state index in [1.54, 1.807) is 29.9 Å². The fourth-order valence-electron chi connectivity index (χ4n) is 3.01. The lowest BCUT2D eigenvalue weighted by Crippen LogP contribution is -2.27. The van der Waals surface area contributed by atoms with E-state index in [-0.39, 0.29) is 11.9 Å². The molecule has 0 radical (unpaired) electrons. The Morgan fingerprint density at radius 2 is 2.19 bits per heavy atom. The number of carbonyl (C=O) groups is 1. The van der Waals surface area contributed by atoms with E-state index >= 15 is 0 Å². The Balaban J connectivity index is 1.75. The molecule has 0 saturated heterocycles. The van der Waals surface area contributed by atoms with Crippen molar-refractivity contribution in [2.24, 2.45) is 0 Å². The first kappa shape index (κ1) is 17.4. The van der Waals surface area contributed by atoms with Gasteiger partial charge in [0.1, 0.15) is 0 Å². The van der Waals surface area contributed by atoms with Crippen molar-refractivity contribution < 1.29 is 4.79 Å². The summed E-state index contributed by atoms with van der Waals surface area (Å²) in [5.74, 6) is -0.146. The van der Waals surface area contributed by atoms with Crippen LogP contribution in [0.1, 0.15) is 35.8 Å². The standard InChI is InChI=1S/C20H19N5OS/c1-3-25-19-16(12-22-25)15(10-17(24-19)18-7-5-9-27-18)20(26)23-13(2)14-6-4-8-21-11-14/h4-13H,3H2,1-2H3,(H,23,26). The van der Waals surface area contributed by atoms with Gasteiger partial charge in [-0.3, -0.25) is 9.78 Å². The molecule has 7 heteroatoms. The molecular formula is C20H19N5OS. The number of hydrogen-bond donors (Lipinski definition) is 1. The topological polar surface area (TPSA) is 72.7 Å². The van der Waals surface area contributed by atoms with Crippen LogP contribution in [-0.4, -0.2) is 25.7 Å². The van der Waals surface area contributed by atoms with E-state index in [0.717, 1.165) is 27.2 Å². The second-order valence-electron chi connectivity index (χ2n) is 6.21. The van der Waals surface area contributed by atoms with Gasteiger partial charge < -0.3 is 5.32 Å². The fourth-order valence-corrected chi connectivity index (χ4v) is 3.69. The van der Waals surface area contributed by atoms with Crippen LogP contribution in [0.3, 0.4) is 0 Å². The number of amides is 1. The highest BCUT2D eigenvalue weighted by molar-refractivity contribution is 7.13. The van der Waals surface area contributed by atoms with E-state index in [2.05, 4.69) is 15.4 Å². The van der Waals surface area contributed by atoms with Crippen LogP contribution in [0.2, 0.25) is 0 Å². The first-order chi connectivity index (χ1) is 13.2. The Morgan fingerprint density at radius 1 is 1.30 bits per heavy atom. The third kappa shape index (κ3) is 3.33. The summed E-state index contributed by atoms with van der Waals surface area (Å²) in [4.78, 5) is 23.0. The van der Waals surface area contributed by atoms with Crippen LogP contribution >= 0.6 is 11.3 Å². The monoisotopic (exact) mass is 377 g/mol. The molecule has 4 rings (SSSR count). The van der Waals surface area contributed by atoms with Crippen molar-refractivity contribution in [1.82, 2.24) is 25.1 Å². The van der Waals surface area contributed by atoms with E-state index in [4.69, 9.17) is 4.98 Å². The summed E-state index contributed by atoms with van der Waals surface area (Å²) < 4.78 is 1.81. The summed E-state index contributed by atoms with van der Waals surface area (Å²) in [5.41, 5.74) is 3.05. The maximum atomic E-state index is 13.1. The number of fused-ring (bicyclic) bond motifs is 1. The Hall–Kier alpha value is -3.06. The minimum atomic E-state index is -0.152. The summed E-state index contributed by atoms with van der Waals surface area (Å²) in [6.45, 7) is 4.65. The molecule has 6 nitrogen and oxygen atoms in total. The number of aryl methyl sites for hydroxylation is 1. The Morgan fingerprint density at radius 3 is 2.89 bits per heavy atom. The highest BCUT2D eigenvalue weighted by atomic mass is 32.1. The zero-order chi connectivity index (χ0) is 18.8. The van der Waals surface area contributed by atoms with Gasteiger partial charge in [-0.2, -0.15) is 5.10 Å². The minimum absolute atomic E-state index is 0.146. The lowest BCUT2D eigenvalue weighted by Gasteiger charge is -2.15. The molecule has 136 valence electrons. The Bertz CT molecular complexity index is 1070. The normalized spacial score (nSPS) is 12.2. The first-order valence-corrected chi connectivity index (χ1v) is 9.66. The van der Waals surface area contributed by atoms with Crippen LogP contribution in [-0.2, 0) is 6.54 Å². The molecule has 0 aliphatic heterocycles. The summed E-state index contributed by atoms with van der Waals surface area (Å²) in [5, 5.41) is 10.2. The number of nitrogens with zero attached hydrogens (tertiary/aromatic N) is 4. The van der Waals surface area contributed by atoms with Crippen LogP contribution in [0.15, 0.2) is 54.3 Å². The number of carbonyl (C=O) groups excluding carboxylic acids is 1. The van der Waals surface area contributed by atoms with Gasteiger partial charge in [-0.25, -0.2) is 9.67 Å². The zero-order valence-corrected chi connectivity index (χ0v) is 15.9. The molecule has 0 spiro atoms. The fraction of sp³-hybridized carbons (Fsp3) is 0.200. The molecule has 27 heavy (non-hydrogen) atoms. The van der Waals surface area contributed by atoms with Gasteiger partial charge in [0, 0.05) is 18.9 Å². The highest BCUT2D eigenvalue weighted by Crippen LogP contribution is 2.28. The van der Waals surface area contributed by atoms with Gasteiger partial charge in [0.25, 0.3) is 5.91 Å². The van der Waals surface area contributed by atoms with Crippen molar-refractivity contribution in [3.05, 3.63) is 65.4 Å². The minimum Gasteiger partial charge on any atom is -0.345 e. The molecule has 4 heterocycles.